The highest BCUT2D eigenvalue weighted by molar-refractivity contribution is 5.78. The molecule has 1 fully saturated rings. The molecular formula is C20H29N5O. The standard InChI is InChI=1S/C20H29N5O/c1-15(16-10-6-5-7-11-16)24(17-12-8-9-13-17)19(26)14-18-21-23-25(22-18)20(2,3)4/h5-7,10-11,15,17H,8-9,12-14H2,1-4H3. The Labute approximate surface area is 155 Å². The van der Waals surface area contributed by atoms with Crippen LogP contribution in [0.5, 0.6) is 0 Å². The second kappa shape index (κ2) is 7.56. The Balaban J connectivity index is 1.80. The predicted octanol–water partition coefficient (Wildman–Crippen LogP) is 3.50. The zero-order valence-electron chi connectivity index (χ0n) is 16.2. The molecule has 0 bridgehead atoms. The summed E-state index contributed by atoms with van der Waals surface area (Å²) in [5.41, 5.74) is 0.926. The van der Waals surface area contributed by atoms with Crippen LogP contribution in [0.25, 0.3) is 0 Å². The Morgan fingerprint density at radius 3 is 2.46 bits per heavy atom. The maximum absolute atomic E-state index is 13.2. The topological polar surface area (TPSA) is 63.9 Å². The summed E-state index contributed by atoms with van der Waals surface area (Å²) in [5.74, 6) is 0.579. The number of hydrogen-bond acceptors (Lipinski definition) is 4. The van der Waals surface area contributed by atoms with E-state index in [0.717, 1.165) is 12.8 Å². The van der Waals surface area contributed by atoms with Gasteiger partial charge in [0.05, 0.1) is 18.0 Å². The Morgan fingerprint density at radius 2 is 1.88 bits per heavy atom. The zero-order chi connectivity index (χ0) is 18.7. The number of amides is 1. The molecule has 0 saturated heterocycles. The van der Waals surface area contributed by atoms with E-state index < -0.39 is 0 Å². The summed E-state index contributed by atoms with van der Waals surface area (Å²) < 4.78 is 0. The first-order valence-electron chi connectivity index (χ1n) is 9.52. The number of nitrogens with zero attached hydrogens (tertiary/aromatic N) is 5. The van der Waals surface area contributed by atoms with Crippen LogP contribution in [0.4, 0.5) is 0 Å². The van der Waals surface area contributed by atoms with Crippen LogP contribution < -0.4 is 0 Å². The molecule has 0 aliphatic heterocycles. The van der Waals surface area contributed by atoms with Crippen molar-refractivity contribution in [2.75, 3.05) is 0 Å². The highest BCUT2D eigenvalue weighted by Gasteiger charge is 2.32. The van der Waals surface area contributed by atoms with Gasteiger partial charge >= 0.3 is 0 Å². The van der Waals surface area contributed by atoms with Crippen LogP contribution in [0.2, 0.25) is 0 Å². The highest BCUT2D eigenvalue weighted by Crippen LogP contribution is 2.31. The fraction of sp³-hybridized carbons (Fsp3) is 0.600. The molecule has 1 atom stereocenters. The minimum Gasteiger partial charge on any atom is -0.333 e. The van der Waals surface area contributed by atoms with E-state index >= 15 is 0 Å². The quantitative estimate of drug-likeness (QED) is 0.823. The van der Waals surface area contributed by atoms with Gasteiger partial charge in [-0.15, -0.1) is 10.2 Å². The molecule has 3 rings (SSSR count). The summed E-state index contributed by atoms with van der Waals surface area (Å²) in [6.45, 7) is 8.17. The first-order chi connectivity index (χ1) is 12.4. The third-order valence-electron chi connectivity index (χ3n) is 5.07. The molecule has 6 nitrogen and oxygen atoms in total. The normalized spacial score (nSPS) is 16.6. The molecule has 0 N–H and O–H groups in total. The van der Waals surface area contributed by atoms with Crippen LogP contribution in [0.15, 0.2) is 30.3 Å². The van der Waals surface area contributed by atoms with Crippen LogP contribution in [-0.2, 0) is 16.8 Å². The Bertz CT molecular complexity index is 728. The van der Waals surface area contributed by atoms with Crippen molar-refractivity contribution in [1.82, 2.24) is 25.1 Å². The average molecular weight is 355 g/mol. The minimum atomic E-state index is -0.239. The van der Waals surface area contributed by atoms with E-state index in [-0.39, 0.29) is 23.9 Å². The molecule has 1 aliphatic rings. The second-order valence-corrected chi connectivity index (χ2v) is 8.17. The Morgan fingerprint density at radius 1 is 1.23 bits per heavy atom. The first kappa shape index (κ1) is 18.5. The van der Waals surface area contributed by atoms with Gasteiger partial charge < -0.3 is 4.90 Å². The van der Waals surface area contributed by atoms with Crippen LogP contribution in [0.3, 0.4) is 0 Å². The molecule has 1 saturated carbocycles. The summed E-state index contributed by atoms with van der Waals surface area (Å²) >= 11 is 0. The SMILES string of the molecule is CC(c1ccccc1)N(C(=O)Cc1nnn(C(C)(C)C)n1)C1CCCC1. The van der Waals surface area contributed by atoms with E-state index in [4.69, 9.17) is 0 Å². The van der Waals surface area contributed by atoms with Crippen molar-refractivity contribution in [3.63, 3.8) is 0 Å². The van der Waals surface area contributed by atoms with Crippen molar-refractivity contribution < 1.29 is 4.79 Å². The van der Waals surface area contributed by atoms with E-state index in [0.29, 0.717) is 11.9 Å². The van der Waals surface area contributed by atoms with E-state index in [1.807, 2.05) is 39.0 Å². The summed E-state index contributed by atoms with van der Waals surface area (Å²) in [5, 5.41) is 12.6. The largest absolute Gasteiger partial charge is 0.333 e. The fourth-order valence-electron chi connectivity index (χ4n) is 3.64. The molecule has 2 aromatic rings. The lowest BCUT2D eigenvalue weighted by atomic mass is 10.0. The monoisotopic (exact) mass is 355 g/mol. The predicted molar refractivity (Wildman–Crippen MR) is 100 cm³/mol. The highest BCUT2D eigenvalue weighted by atomic mass is 16.2. The van der Waals surface area contributed by atoms with Crippen molar-refractivity contribution in [3.8, 4) is 0 Å². The number of hydrogen-bond donors (Lipinski definition) is 0. The van der Waals surface area contributed by atoms with Crippen LogP contribution in [0.1, 0.15) is 70.8 Å². The van der Waals surface area contributed by atoms with Crippen molar-refractivity contribution in [2.45, 2.75) is 77.4 Å². The Kier molecular flexibility index (Phi) is 5.39. The molecule has 1 heterocycles. The number of carbonyl (C=O) groups excluding carboxylic acids is 1. The van der Waals surface area contributed by atoms with E-state index in [2.05, 4.69) is 39.4 Å². The Hall–Kier alpha value is -2.24. The minimum absolute atomic E-state index is 0.0458. The molecule has 1 unspecified atom stereocenters. The number of benzene rings is 1. The molecule has 26 heavy (non-hydrogen) atoms. The van der Waals surface area contributed by atoms with Crippen molar-refractivity contribution in [1.29, 1.82) is 0 Å². The van der Waals surface area contributed by atoms with Crippen LogP contribution in [0, 0.1) is 0 Å². The van der Waals surface area contributed by atoms with Gasteiger partial charge in [-0.25, -0.2) is 0 Å². The molecule has 1 aliphatic carbocycles. The first-order valence-corrected chi connectivity index (χ1v) is 9.52. The third-order valence-corrected chi connectivity index (χ3v) is 5.07. The van der Waals surface area contributed by atoms with Crippen LogP contribution in [-0.4, -0.2) is 37.1 Å². The van der Waals surface area contributed by atoms with Crippen molar-refractivity contribution in [2.24, 2.45) is 0 Å². The summed E-state index contributed by atoms with van der Waals surface area (Å²) in [4.78, 5) is 16.8. The molecule has 140 valence electrons. The molecule has 0 spiro atoms. The van der Waals surface area contributed by atoms with Gasteiger partial charge in [-0.05, 0) is 51.3 Å². The lowest BCUT2D eigenvalue weighted by Gasteiger charge is -2.35. The van der Waals surface area contributed by atoms with Gasteiger partial charge in [0, 0.05) is 6.04 Å². The lowest BCUT2D eigenvalue weighted by molar-refractivity contribution is -0.135. The van der Waals surface area contributed by atoms with Gasteiger partial charge in [-0.1, -0.05) is 43.2 Å². The van der Waals surface area contributed by atoms with E-state index in [9.17, 15) is 4.79 Å². The fourth-order valence-corrected chi connectivity index (χ4v) is 3.64. The summed E-state index contributed by atoms with van der Waals surface area (Å²) in [6, 6.07) is 10.6. The van der Waals surface area contributed by atoms with E-state index in [1.165, 1.54) is 18.4 Å². The van der Waals surface area contributed by atoms with Crippen molar-refractivity contribution >= 4 is 5.91 Å². The maximum atomic E-state index is 13.2. The number of tetrazole rings is 1. The molecule has 1 aromatic carbocycles. The molecule has 1 amide bonds. The molecule has 0 radical (unpaired) electrons. The van der Waals surface area contributed by atoms with Gasteiger partial charge in [-0.3, -0.25) is 4.79 Å². The third kappa shape index (κ3) is 4.11. The summed E-state index contributed by atoms with van der Waals surface area (Å²) in [7, 11) is 0. The number of carbonyl (C=O) groups is 1. The average Bonchev–Trinajstić information content (AvgIpc) is 3.27. The molecule has 6 heteroatoms. The van der Waals surface area contributed by atoms with Gasteiger partial charge in [0.2, 0.25) is 5.91 Å². The van der Waals surface area contributed by atoms with Gasteiger partial charge in [0.1, 0.15) is 0 Å². The number of rotatable bonds is 5. The van der Waals surface area contributed by atoms with Crippen molar-refractivity contribution in [3.05, 3.63) is 41.7 Å². The van der Waals surface area contributed by atoms with E-state index in [1.54, 1.807) is 4.80 Å². The molecular weight excluding hydrogens is 326 g/mol. The zero-order valence-corrected chi connectivity index (χ0v) is 16.2. The van der Waals surface area contributed by atoms with Gasteiger partial charge in [0.25, 0.3) is 0 Å². The maximum Gasteiger partial charge on any atom is 0.231 e. The smallest absolute Gasteiger partial charge is 0.231 e. The lowest BCUT2D eigenvalue weighted by Crippen LogP contribution is -2.41. The van der Waals surface area contributed by atoms with Gasteiger partial charge in [0.15, 0.2) is 5.82 Å². The summed E-state index contributed by atoms with van der Waals surface area (Å²) in [6.07, 6.45) is 4.72. The number of aromatic nitrogens is 4. The van der Waals surface area contributed by atoms with Crippen LogP contribution >= 0.6 is 0 Å². The van der Waals surface area contributed by atoms with Gasteiger partial charge in [-0.2, -0.15) is 4.80 Å². The second-order valence-electron chi connectivity index (χ2n) is 8.17. The molecule has 1 aromatic heterocycles.